The van der Waals surface area contributed by atoms with Crippen molar-refractivity contribution in [2.45, 2.75) is 43.9 Å². The second-order valence-electron chi connectivity index (χ2n) is 5.33. The highest BCUT2D eigenvalue weighted by molar-refractivity contribution is 7.91. The highest BCUT2D eigenvalue weighted by Crippen LogP contribution is 2.29. The molecule has 1 saturated carbocycles. The van der Waals surface area contributed by atoms with Crippen molar-refractivity contribution in [2.24, 2.45) is 5.92 Å². The molecule has 1 aromatic rings. The van der Waals surface area contributed by atoms with Gasteiger partial charge >= 0.3 is 0 Å². The summed E-state index contributed by atoms with van der Waals surface area (Å²) in [6.45, 7) is 2.76. The number of benzene rings is 1. The summed E-state index contributed by atoms with van der Waals surface area (Å²) in [5, 5.41) is 3.30. The zero-order valence-corrected chi connectivity index (χ0v) is 12.4. The fraction of sp³-hybridized carbons (Fsp3) is 0.600. The van der Waals surface area contributed by atoms with Crippen LogP contribution >= 0.6 is 0 Å². The number of sulfone groups is 1. The van der Waals surface area contributed by atoms with Gasteiger partial charge in [-0.05, 0) is 30.9 Å². The van der Waals surface area contributed by atoms with Gasteiger partial charge in [0.1, 0.15) is 0 Å². The van der Waals surface area contributed by atoms with Crippen LogP contribution in [-0.2, 0) is 9.84 Å². The van der Waals surface area contributed by atoms with E-state index in [4.69, 9.17) is 0 Å². The van der Waals surface area contributed by atoms with Crippen LogP contribution in [0.5, 0.6) is 0 Å². The summed E-state index contributed by atoms with van der Waals surface area (Å²) in [6, 6.07) is 7.25. The third-order valence-corrected chi connectivity index (χ3v) is 5.76. The van der Waals surface area contributed by atoms with Crippen LogP contribution < -0.4 is 5.32 Å². The number of nitrogens with one attached hydrogen (secondary N) is 1. The molecule has 4 heteroatoms. The maximum atomic E-state index is 12.2. The van der Waals surface area contributed by atoms with E-state index in [0.717, 1.165) is 24.6 Å². The second-order valence-corrected chi connectivity index (χ2v) is 7.40. The number of rotatable bonds is 7. The van der Waals surface area contributed by atoms with Crippen molar-refractivity contribution in [3.63, 3.8) is 0 Å². The molecule has 0 saturated heterocycles. The third-order valence-electron chi connectivity index (χ3n) is 3.79. The summed E-state index contributed by atoms with van der Waals surface area (Å²) in [7, 11) is -3.15. The highest BCUT2D eigenvalue weighted by atomic mass is 32.2. The number of para-hydroxylation sites is 1. The highest BCUT2D eigenvalue weighted by Gasteiger charge is 2.19. The number of hydrogen-bond donors (Lipinski definition) is 1. The molecule has 0 aliphatic heterocycles. The van der Waals surface area contributed by atoms with Gasteiger partial charge in [0, 0.05) is 6.54 Å². The average Bonchev–Trinajstić information content (AvgIpc) is 2.33. The Morgan fingerprint density at radius 3 is 2.63 bits per heavy atom. The molecule has 0 heterocycles. The van der Waals surface area contributed by atoms with Crippen LogP contribution in [0.1, 0.15) is 39.0 Å². The molecule has 106 valence electrons. The van der Waals surface area contributed by atoms with Gasteiger partial charge in [0.05, 0.1) is 16.3 Å². The number of hydrogen-bond acceptors (Lipinski definition) is 3. The first-order chi connectivity index (χ1) is 9.13. The molecule has 0 unspecified atom stereocenters. The Labute approximate surface area is 116 Å². The maximum Gasteiger partial charge on any atom is 0.180 e. The first kappa shape index (κ1) is 14.4. The Balaban J connectivity index is 2.03. The van der Waals surface area contributed by atoms with E-state index >= 15 is 0 Å². The lowest BCUT2D eigenvalue weighted by Crippen LogP contribution is -2.17. The molecular weight excluding hydrogens is 258 g/mol. The quantitative estimate of drug-likeness (QED) is 0.832. The molecule has 0 spiro atoms. The fourth-order valence-electron chi connectivity index (χ4n) is 2.46. The van der Waals surface area contributed by atoms with Crippen molar-refractivity contribution in [3.8, 4) is 0 Å². The molecule has 1 aliphatic rings. The monoisotopic (exact) mass is 281 g/mol. The normalized spacial score (nSPS) is 16.1. The SMILES string of the molecule is CCCS(=O)(=O)c1ccccc1NCCC1CCC1. The summed E-state index contributed by atoms with van der Waals surface area (Å²) in [5.41, 5.74) is 0.760. The minimum atomic E-state index is -3.15. The topological polar surface area (TPSA) is 46.2 Å². The molecule has 2 rings (SSSR count). The lowest BCUT2D eigenvalue weighted by molar-refractivity contribution is 0.303. The van der Waals surface area contributed by atoms with Gasteiger partial charge in [0.15, 0.2) is 9.84 Å². The lowest BCUT2D eigenvalue weighted by Gasteiger charge is -2.25. The van der Waals surface area contributed by atoms with Crippen molar-refractivity contribution in [2.75, 3.05) is 17.6 Å². The fourth-order valence-corrected chi connectivity index (χ4v) is 3.97. The molecule has 19 heavy (non-hydrogen) atoms. The van der Waals surface area contributed by atoms with E-state index in [1.807, 2.05) is 19.1 Å². The van der Waals surface area contributed by atoms with E-state index in [2.05, 4.69) is 5.32 Å². The van der Waals surface area contributed by atoms with Crippen LogP contribution in [-0.4, -0.2) is 20.7 Å². The Hall–Kier alpha value is -1.03. The summed E-state index contributed by atoms with van der Waals surface area (Å²) in [5.74, 6) is 1.06. The van der Waals surface area contributed by atoms with Gasteiger partial charge in [-0.25, -0.2) is 8.42 Å². The van der Waals surface area contributed by atoms with Crippen LogP contribution in [0.3, 0.4) is 0 Å². The summed E-state index contributed by atoms with van der Waals surface area (Å²) in [4.78, 5) is 0.449. The Morgan fingerprint density at radius 1 is 1.26 bits per heavy atom. The van der Waals surface area contributed by atoms with Crippen LogP contribution in [0.25, 0.3) is 0 Å². The third kappa shape index (κ3) is 3.72. The molecule has 0 radical (unpaired) electrons. The summed E-state index contributed by atoms with van der Waals surface area (Å²) in [6.07, 6.45) is 5.81. The van der Waals surface area contributed by atoms with Gasteiger partial charge in [-0.1, -0.05) is 38.3 Å². The minimum Gasteiger partial charge on any atom is -0.384 e. The maximum absolute atomic E-state index is 12.2. The Bertz CT molecular complexity index is 507. The summed E-state index contributed by atoms with van der Waals surface area (Å²) < 4.78 is 24.4. The van der Waals surface area contributed by atoms with Crippen LogP contribution in [0.2, 0.25) is 0 Å². The van der Waals surface area contributed by atoms with Crippen LogP contribution in [0.15, 0.2) is 29.2 Å². The Kier molecular flexibility index (Phi) is 4.86. The zero-order valence-electron chi connectivity index (χ0n) is 11.6. The van der Waals surface area contributed by atoms with Gasteiger partial charge in [0.25, 0.3) is 0 Å². The molecule has 1 aliphatic carbocycles. The average molecular weight is 281 g/mol. The molecule has 0 atom stereocenters. The van der Waals surface area contributed by atoms with Gasteiger partial charge in [-0.2, -0.15) is 0 Å². The van der Waals surface area contributed by atoms with Crippen molar-refractivity contribution < 1.29 is 8.42 Å². The number of anilines is 1. The van der Waals surface area contributed by atoms with Crippen LogP contribution in [0.4, 0.5) is 5.69 Å². The first-order valence-electron chi connectivity index (χ1n) is 7.19. The smallest absolute Gasteiger partial charge is 0.180 e. The van der Waals surface area contributed by atoms with E-state index in [1.54, 1.807) is 12.1 Å². The standard InChI is InChI=1S/C15H23NO2S/c1-2-12-19(17,18)15-9-4-3-8-14(15)16-11-10-13-6-5-7-13/h3-4,8-9,13,16H,2,5-7,10-12H2,1H3. The van der Waals surface area contributed by atoms with E-state index in [0.29, 0.717) is 11.3 Å². The lowest BCUT2D eigenvalue weighted by atomic mass is 9.83. The molecule has 1 fully saturated rings. The molecule has 1 N–H and O–H groups in total. The van der Waals surface area contributed by atoms with Gasteiger partial charge in [0.2, 0.25) is 0 Å². The zero-order chi connectivity index (χ0) is 13.7. The predicted molar refractivity (Wildman–Crippen MR) is 79.2 cm³/mol. The molecule has 1 aromatic carbocycles. The van der Waals surface area contributed by atoms with Gasteiger partial charge in [-0.15, -0.1) is 0 Å². The molecule has 3 nitrogen and oxygen atoms in total. The minimum absolute atomic E-state index is 0.217. The van der Waals surface area contributed by atoms with E-state index in [-0.39, 0.29) is 5.75 Å². The Morgan fingerprint density at radius 2 is 2.00 bits per heavy atom. The molecule has 0 bridgehead atoms. The summed E-state index contributed by atoms with van der Waals surface area (Å²) >= 11 is 0. The van der Waals surface area contributed by atoms with Crippen LogP contribution in [0, 0.1) is 5.92 Å². The van der Waals surface area contributed by atoms with E-state index in [9.17, 15) is 8.42 Å². The van der Waals surface area contributed by atoms with Crippen molar-refractivity contribution in [1.82, 2.24) is 0 Å². The molecule has 0 aromatic heterocycles. The van der Waals surface area contributed by atoms with Crippen molar-refractivity contribution in [3.05, 3.63) is 24.3 Å². The van der Waals surface area contributed by atoms with E-state index in [1.165, 1.54) is 19.3 Å². The van der Waals surface area contributed by atoms with Gasteiger partial charge in [-0.3, -0.25) is 0 Å². The predicted octanol–water partition coefficient (Wildman–Crippen LogP) is 3.47. The largest absolute Gasteiger partial charge is 0.384 e. The first-order valence-corrected chi connectivity index (χ1v) is 8.84. The van der Waals surface area contributed by atoms with Crippen molar-refractivity contribution in [1.29, 1.82) is 0 Å². The van der Waals surface area contributed by atoms with Crippen molar-refractivity contribution >= 4 is 15.5 Å². The van der Waals surface area contributed by atoms with E-state index < -0.39 is 9.84 Å². The molecular formula is C15H23NO2S. The molecule has 0 amide bonds. The van der Waals surface area contributed by atoms with Gasteiger partial charge < -0.3 is 5.32 Å². The second kappa shape index (κ2) is 6.42.